The highest BCUT2D eigenvalue weighted by atomic mass is 16.1. The van der Waals surface area contributed by atoms with Gasteiger partial charge in [-0.15, -0.1) is 0 Å². The zero-order chi connectivity index (χ0) is 19.8. The molecule has 0 amide bonds. The zero-order valence-electron chi connectivity index (χ0n) is 15.7. The molecule has 0 spiro atoms. The van der Waals surface area contributed by atoms with Crippen LogP contribution in [-0.2, 0) is 0 Å². The third kappa shape index (κ3) is 3.03. The summed E-state index contributed by atoms with van der Waals surface area (Å²) in [4.78, 5) is 11.7. The summed E-state index contributed by atoms with van der Waals surface area (Å²) in [5, 5.41) is 9.29. The highest BCUT2D eigenvalue weighted by Gasteiger charge is 2.14. The molecule has 0 N–H and O–H groups in total. The van der Waals surface area contributed by atoms with Crippen LogP contribution in [0.4, 0.5) is 0 Å². The van der Waals surface area contributed by atoms with Crippen molar-refractivity contribution in [2.75, 3.05) is 0 Å². The summed E-state index contributed by atoms with van der Waals surface area (Å²) in [5.41, 5.74) is 3.81. The minimum atomic E-state index is 0.544. The standard InChI is InChI=1S/C26H18N2O/c1-18(21-12-10-19-6-2-4-8-22(19)14-21)28-16-25(17-29)26(27-28)24-13-11-20-7-3-5-9-23(20)15-24/h2-17H,1H2. The summed E-state index contributed by atoms with van der Waals surface area (Å²) in [6.45, 7) is 4.22. The lowest BCUT2D eigenvalue weighted by molar-refractivity contribution is 0.112. The van der Waals surface area contributed by atoms with Gasteiger partial charge in [0.05, 0.1) is 11.3 Å². The number of rotatable bonds is 4. The first-order valence-corrected chi connectivity index (χ1v) is 9.45. The van der Waals surface area contributed by atoms with Gasteiger partial charge in [0, 0.05) is 17.3 Å². The van der Waals surface area contributed by atoms with Crippen LogP contribution in [0, 0.1) is 0 Å². The first kappa shape index (κ1) is 17.1. The molecule has 1 heterocycles. The predicted molar refractivity (Wildman–Crippen MR) is 119 cm³/mol. The van der Waals surface area contributed by atoms with E-state index in [1.165, 1.54) is 5.39 Å². The van der Waals surface area contributed by atoms with Crippen molar-refractivity contribution in [2.45, 2.75) is 0 Å². The minimum Gasteiger partial charge on any atom is -0.298 e. The van der Waals surface area contributed by atoms with E-state index in [0.717, 1.165) is 39.3 Å². The summed E-state index contributed by atoms with van der Waals surface area (Å²) < 4.78 is 1.69. The van der Waals surface area contributed by atoms with Crippen LogP contribution in [0.15, 0.2) is 97.7 Å². The number of hydrogen-bond acceptors (Lipinski definition) is 2. The Hall–Kier alpha value is -3.98. The van der Waals surface area contributed by atoms with Crippen molar-refractivity contribution in [3.05, 3.63) is 109 Å². The zero-order valence-corrected chi connectivity index (χ0v) is 15.7. The quantitative estimate of drug-likeness (QED) is 0.352. The number of benzene rings is 4. The Labute approximate surface area is 168 Å². The maximum atomic E-state index is 11.7. The van der Waals surface area contributed by atoms with Gasteiger partial charge in [-0.3, -0.25) is 4.79 Å². The van der Waals surface area contributed by atoms with Gasteiger partial charge < -0.3 is 0 Å². The van der Waals surface area contributed by atoms with Gasteiger partial charge in [0.1, 0.15) is 5.69 Å². The van der Waals surface area contributed by atoms with E-state index in [4.69, 9.17) is 5.10 Å². The fourth-order valence-corrected chi connectivity index (χ4v) is 3.67. The molecule has 3 nitrogen and oxygen atoms in total. The van der Waals surface area contributed by atoms with Crippen LogP contribution in [0.25, 0.3) is 38.5 Å². The highest BCUT2D eigenvalue weighted by Crippen LogP contribution is 2.28. The molecule has 0 atom stereocenters. The number of fused-ring (bicyclic) bond motifs is 2. The third-order valence-corrected chi connectivity index (χ3v) is 5.25. The number of aromatic nitrogens is 2. The lowest BCUT2D eigenvalue weighted by Crippen LogP contribution is -1.98. The van der Waals surface area contributed by atoms with Gasteiger partial charge in [-0.2, -0.15) is 5.10 Å². The molecule has 0 unspecified atom stereocenters. The van der Waals surface area contributed by atoms with Crippen LogP contribution in [0.2, 0.25) is 0 Å². The molecular formula is C26H18N2O. The van der Waals surface area contributed by atoms with Crippen molar-refractivity contribution in [1.29, 1.82) is 0 Å². The number of carbonyl (C=O) groups excluding carboxylic acids is 1. The van der Waals surface area contributed by atoms with Crippen LogP contribution < -0.4 is 0 Å². The fourth-order valence-electron chi connectivity index (χ4n) is 3.67. The molecule has 0 radical (unpaired) electrons. The van der Waals surface area contributed by atoms with E-state index in [9.17, 15) is 4.79 Å². The second kappa shape index (κ2) is 6.88. The van der Waals surface area contributed by atoms with Crippen LogP contribution in [0.3, 0.4) is 0 Å². The van der Waals surface area contributed by atoms with Crippen LogP contribution in [-0.4, -0.2) is 16.1 Å². The average molecular weight is 374 g/mol. The summed E-state index contributed by atoms with van der Waals surface area (Å²) in [6, 6.07) is 28.7. The van der Waals surface area contributed by atoms with E-state index in [-0.39, 0.29) is 0 Å². The van der Waals surface area contributed by atoms with E-state index >= 15 is 0 Å². The molecule has 138 valence electrons. The van der Waals surface area contributed by atoms with Gasteiger partial charge in [-0.05, 0) is 33.7 Å². The largest absolute Gasteiger partial charge is 0.298 e. The maximum Gasteiger partial charge on any atom is 0.153 e. The van der Waals surface area contributed by atoms with Crippen molar-refractivity contribution in [3.8, 4) is 11.3 Å². The Morgan fingerprint density at radius 2 is 1.41 bits per heavy atom. The van der Waals surface area contributed by atoms with E-state index in [1.54, 1.807) is 10.9 Å². The van der Waals surface area contributed by atoms with Crippen LogP contribution >= 0.6 is 0 Å². The summed E-state index contributed by atoms with van der Waals surface area (Å²) in [7, 11) is 0. The topological polar surface area (TPSA) is 34.9 Å². The van der Waals surface area contributed by atoms with Crippen molar-refractivity contribution in [2.24, 2.45) is 0 Å². The fraction of sp³-hybridized carbons (Fsp3) is 0. The predicted octanol–water partition coefficient (Wildman–Crippen LogP) is 6.19. The smallest absolute Gasteiger partial charge is 0.153 e. The molecule has 0 aliphatic rings. The van der Waals surface area contributed by atoms with E-state index in [0.29, 0.717) is 11.3 Å². The number of carbonyl (C=O) groups is 1. The molecule has 0 saturated heterocycles. The Balaban J connectivity index is 1.58. The second-order valence-electron chi connectivity index (χ2n) is 7.07. The Morgan fingerprint density at radius 1 is 0.793 bits per heavy atom. The SMILES string of the molecule is C=C(c1ccc2ccccc2c1)n1cc(C=O)c(-c2ccc3ccccc3c2)n1. The van der Waals surface area contributed by atoms with E-state index < -0.39 is 0 Å². The van der Waals surface area contributed by atoms with Crippen molar-refractivity contribution >= 4 is 33.5 Å². The van der Waals surface area contributed by atoms with Crippen LogP contribution in [0.1, 0.15) is 15.9 Å². The van der Waals surface area contributed by atoms with Crippen molar-refractivity contribution in [1.82, 2.24) is 9.78 Å². The Bertz CT molecular complexity index is 1390. The second-order valence-corrected chi connectivity index (χ2v) is 7.07. The molecule has 0 bridgehead atoms. The molecule has 0 saturated carbocycles. The first-order chi connectivity index (χ1) is 14.2. The third-order valence-electron chi connectivity index (χ3n) is 5.25. The number of aldehydes is 1. The molecule has 0 aliphatic heterocycles. The van der Waals surface area contributed by atoms with E-state index in [1.807, 2.05) is 36.4 Å². The maximum absolute atomic E-state index is 11.7. The van der Waals surface area contributed by atoms with E-state index in [2.05, 4.69) is 55.1 Å². The van der Waals surface area contributed by atoms with Crippen LogP contribution in [0.5, 0.6) is 0 Å². The van der Waals surface area contributed by atoms with Gasteiger partial charge in [0.2, 0.25) is 0 Å². The highest BCUT2D eigenvalue weighted by molar-refractivity contribution is 5.92. The van der Waals surface area contributed by atoms with Crippen molar-refractivity contribution in [3.63, 3.8) is 0 Å². The minimum absolute atomic E-state index is 0.544. The number of nitrogens with zero attached hydrogens (tertiary/aromatic N) is 2. The van der Waals surface area contributed by atoms with Gasteiger partial charge in [-0.25, -0.2) is 4.68 Å². The lowest BCUT2D eigenvalue weighted by Gasteiger charge is -2.08. The molecule has 0 aliphatic carbocycles. The van der Waals surface area contributed by atoms with Gasteiger partial charge in [0.15, 0.2) is 6.29 Å². The molecule has 5 rings (SSSR count). The van der Waals surface area contributed by atoms with Gasteiger partial charge >= 0.3 is 0 Å². The molecular weight excluding hydrogens is 356 g/mol. The molecule has 0 fully saturated rings. The van der Waals surface area contributed by atoms with Gasteiger partial charge in [0.25, 0.3) is 0 Å². The molecule has 29 heavy (non-hydrogen) atoms. The Kier molecular flexibility index (Phi) is 4.07. The molecule has 1 aromatic heterocycles. The summed E-state index contributed by atoms with van der Waals surface area (Å²) in [5.74, 6) is 0. The van der Waals surface area contributed by atoms with Crippen molar-refractivity contribution < 1.29 is 4.79 Å². The molecule has 3 heteroatoms. The molecule has 4 aromatic carbocycles. The first-order valence-electron chi connectivity index (χ1n) is 9.45. The summed E-state index contributed by atoms with van der Waals surface area (Å²) in [6.07, 6.45) is 2.59. The average Bonchev–Trinajstić information content (AvgIpc) is 3.22. The summed E-state index contributed by atoms with van der Waals surface area (Å²) >= 11 is 0. The lowest BCUT2D eigenvalue weighted by atomic mass is 10.0. The monoisotopic (exact) mass is 374 g/mol. The van der Waals surface area contributed by atoms with Gasteiger partial charge in [-0.1, -0.05) is 79.4 Å². The normalized spacial score (nSPS) is 11.0. The number of hydrogen-bond donors (Lipinski definition) is 0. The Morgan fingerprint density at radius 3 is 2.10 bits per heavy atom. The molecule has 5 aromatic rings.